The van der Waals surface area contributed by atoms with Gasteiger partial charge in [0.1, 0.15) is 12.3 Å². The van der Waals surface area contributed by atoms with E-state index in [1.807, 2.05) is 30.3 Å². The highest BCUT2D eigenvalue weighted by molar-refractivity contribution is 6.32. The van der Waals surface area contributed by atoms with E-state index in [2.05, 4.69) is 20.7 Å². The Morgan fingerprint density at radius 3 is 2.75 bits per heavy atom. The third-order valence-corrected chi connectivity index (χ3v) is 3.50. The SMILES string of the molecule is COc1ccc(NC(=O)Cn2nnc(-c3ccccc3)n2)cc1Cl. The van der Waals surface area contributed by atoms with Crippen LogP contribution in [0.2, 0.25) is 5.02 Å². The van der Waals surface area contributed by atoms with Crippen molar-refractivity contribution in [2.75, 3.05) is 12.4 Å². The predicted molar refractivity (Wildman–Crippen MR) is 89.9 cm³/mol. The summed E-state index contributed by atoms with van der Waals surface area (Å²) in [5, 5.41) is 15.2. The number of carbonyl (C=O) groups is 1. The number of rotatable bonds is 5. The van der Waals surface area contributed by atoms with Crippen LogP contribution in [0.5, 0.6) is 5.75 Å². The molecule has 1 amide bonds. The molecule has 0 aliphatic rings. The molecule has 1 heterocycles. The van der Waals surface area contributed by atoms with Crippen LogP contribution in [0.4, 0.5) is 5.69 Å². The molecule has 0 spiro atoms. The van der Waals surface area contributed by atoms with Gasteiger partial charge in [0, 0.05) is 11.3 Å². The quantitative estimate of drug-likeness (QED) is 0.770. The molecule has 0 radical (unpaired) electrons. The number of aromatic nitrogens is 4. The highest BCUT2D eigenvalue weighted by Gasteiger charge is 2.10. The number of methoxy groups -OCH3 is 1. The van der Waals surface area contributed by atoms with Gasteiger partial charge in [0.25, 0.3) is 0 Å². The fraction of sp³-hybridized carbons (Fsp3) is 0.125. The average Bonchev–Trinajstić information content (AvgIpc) is 3.04. The molecule has 0 saturated heterocycles. The Labute approximate surface area is 143 Å². The second kappa shape index (κ2) is 7.10. The Morgan fingerprint density at radius 2 is 2.04 bits per heavy atom. The van der Waals surface area contributed by atoms with E-state index in [0.29, 0.717) is 22.3 Å². The van der Waals surface area contributed by atoms with Crippen molar-refractivity contribution in [3.8, 4) is 17.1 Å². The zero-order valence-corrected chi connectivity index (χ0v) is 13.6. The summed E-state index contributed by atoms with van der Waals surface area (Å²) in [6.07, 6.45) is 0. The largest absolute Gasteiger partial charge is 0.495 e. The Kier molecular flexibility index (Phi) is 4.72. The number of hydrogen-bond donors (Lipinski definition) is 1. The molecule has 0 fully saturated rings. The summed E-state index contributed by atoms with van der Waals surface area (Å²) in [5.41, 5.74) is 1.40. The lowest BCUT2D eigenvalue weighted by Gasteiger charge is -2.07. The minimum Gasteiger partial charge on any atom is -0.495 e. The van der Waals surface area contributed by atoms with Crippen molar-refractivity contribution in [1.29, 1.82) is 0 Å². The summed E-state index contributed by atoms with van der Waals surface area (Å²) in [6, 6.07) is 14.4. The molecule has 0 aliphatic heterocycles. The zero-order chi connectivity index (χ0) is 16.9. The summed E-state index contributed by atoms with van der Waals surface area (Å²) in [6.45, 7) is -0.0521. The number of anilines is 1. The second-order valence-corrected chi connectivity index (χ2v) is 5.31. The van der Waals surface area contributed by atoms with Gasteiger partial charge in [-0.3, -0.25) is 4.79 Å². The van der Waals surface area contributed by atoms with Crippen LogP contribution in [0.1, 0.15) is 0 Å². The molecule has 3 aromatic rings. The van der Waals surface area contributed by atoms with Gasteiger partial charge in [-0.15, -0.1) is 10.2 Å². The molecular formula is C16H14ClN5O2. The number of hydrogen-bond acceptors (Lipinski definition) is 5. The molecule has 2 aromatic carbocycles. The maximum absolute atomic E-state index is 12.1. The van der Waals surface area contributed by atoms with Gasteiger partial charge in [-0.25, -0.2) is 0 Å². The van der Waals surface area contributed by atoms with E-state index >= 15 is 0 Å². The second-order valence-electron chi connectivity index (χ2n) is 4.91. The zero-order valence-electron chi connectivity index (χ0n) is 12.8. The van der Waals surface area contributed by atoms with E-state index < -0.39 is 0 Å². The standard InChI is InChI=1S/C16H14ClN5O2/c1-24-14-8-7-12(9-13(14)17)18-15(23)10-22-20-16(19-21-22)11-5-3-2-4-6-11/h2-9H,10H2,1H3,(H,18,23). The molecule has 0 bridgehead atoms. The minimum absolute atomic E-state index is 0.0521. The van der Waals surface area contributed by atoms with Crippen LogP contribution in [0.15, 0.2) is 48.5 Å². The van der Waals surface area contributed by atoms with Gasteiger partial charge in [-0.1, -0.05) is 41.9 Å². The molecular weight excluding hydrogens is 330 g/mol. The number of ether oxygens (including phenoxy) is 1. The fourth-order valence-corrected chi connectivity index (χ4v) is 2.34. The van der Waals surface area contributed by atoms with Crippen LogP contribution in [0.3, 0.4) is 0 Å². The van der Waals surface area contributed by atoms with Crippen molar-refractivity contribution in [1.82, 2.24) is 20.2 Å². The van der Waals surface area contributed by atoms with Crippen LogP contribution < -0.4 is 10.1 Å². The third kappa shape index (κ3) is 3.69. The molecule has 1 aromatic heterocycles. The number of benzene rings is 2. The number of amides is 1. The highest BCUT2D eigenvalue weighted by atomic mass is 35.5. The summed E-state index contributed by atoms with van der Waals surface area (Å²) in [7, 11) is 1.53. The monoisotopic (exact) mass is 343 g/mol. The number of nitrogens with zero attached hydrogens (tertiary/aromatic N) is 4. The van der Waals surface area contributed by atoms with Crippen LogP contribution >= 0.6 is 11.6 Å². The normalized spacial score (nSPS) is 10.4. The topological polar surface area (TPSA) is 81.9 Å². The summed E-state index contributed by atoms with van der Waals surface area (Å²) in [5.74, 6) is 0.726. The van der Waals surface area contributed by atoms with Gasteiger partial charge in [0.05, 0.1) is 12.1 Å². The molecule has 0 saturated carbocycles. The van der Waals surface area contributed by atoms with Gasteiger partial charge in [-0.2, -0.15) is 4.80 Å². The Hall–Kier alpha value is -2.93. The fourth-order valence-electron chi connectivity index (χ4n) is 2.09. The molecule has 3 rings (SSSR count). The molecule has 0 aliphatic carbocycles. The summed E-state index contributed by atoms with van der Waals surface area (Å²) in [4.78, 5) is 13.3. The summed E-state index contributed by atoms with van der Waals surface area (Å²) < 4.78 is 5.07. The van der Waals surface area contributed by atoms with E-state index in [4.69, 9.17) is 16.3 Å². The predicted octanol–water partition coefficient (Wildman–Crippen LogP) is 2.64. The molecule has 1 N–H and O–H groups in total. The van der Waals surface area contributed by atoms with Gasteiger partial charge >= 0.3 is 0 Å². The Bertz CT molecular complexity index is 851. The number of carbonyl (C=O) groups excluding carboxylic acids is 1. The van der Waals surface area contributed by atoms with Crippen molar-refractivity contribution >= 4 is 23.2 Å². The number of tetrazole rings is 1. The number of nitrogens with one attached hydrogen (secondary N) is 1. The molecule has 0 atom stereocenters. The lowest BCUT2D eigenvalue weighted by Crippen LogP contribution is -2.20. The molecule has 0 unspecified atom stereocenters. The van der Waals surface area contributed by atoms with Crippen molar-refractivity contribution in [3.05, 3.63) is 53.6 Å². The molecule has 122 valence electrons. The minimum atomic E-state index is -0.284. The Balaban J connectivity index is 1.65. The van der Waals surface area contributed by atoms with E-state index in [0.717, 1.165) is 5.56 Å². The van der Waals surface area contributed by atoms with Crippen molar-refractivity contribution < 1.29 is 9.53 Å². The molecule has 24 heavy (non-hydrogen) atoms. The maximum Gasteiger partial charge on any atom is 0.248 e. The number of halogens is 1. The average molecular weight is 344 g/mol. The van der Waals surface area contributed by atoms with Crippen molar-refractivity contribution in [3.63, 3.8) is 0 Å². The van der Waals surface area contributed by atoms with E-state index in [1.165, 1.54) is 11.9 Å². The van der Waals surface area contributed by atoms with E-state index in [9.17, 15) is 4.79 Å². The van der Waals surface area contributed by atoms with Crippen molar-refractivity contribution in [2.24, 2.45) is 0 Å². The molecule has 7 nitrogen and oxygen atoms in total. The first kappa shape index (κ1) is 15.9. The maximum atomic E-state index is 12.1. The first-order valence-electron chi connectivity index (χ1n) is 7.12. The molecule has 8 heteroatoms. The Morgan fingerprint density at radius 1 is 1.25 bits per heavy atom. The third-order valence-electron chi connectivity index (χ3n) is 3.21. The highest BCUT2D eigenvalue weighted by Crippen LogP contribution is 2.27. The van der Waals surface area contributed by atoms with E-state index in [-0.39, 0.29) is 12.5 Å². The van der Waals surface area contributed by atoms with Crippen LogP contribution in [0.25, 0.3) is 11.4 Å². The first-order chi connectivity index (χ1) is 11.7. The van der Waals surface area contributed by atoms with E-state index in [1.54, 1.807) is 18.2 Å². The first-order valence-corrected chi connectivity index (χ1v) is 7.50. The van der Waals surface area contributed by atoms with Crippen molar-refractivity contribution in [2.45, 2.75) is 6.54 Å². The van der Waals surface area contributed by atoms with Crippen LogP contribution in [-0.2, 0) is 11.3 Å². The summed E-state index contributed by atoms with van der Waals surface area (Å²) >= 11 is 6.03. The smallest absolute Gasteiger partial charge is 0.248 e. The van der Waals surface area contributed by atoms with Gasteiger partial charge < -0.3 is 10.1 Å². The lowest BCUT2D eigenvalue weighted by atomic mass is 10.2. The van der Waals surface area contributed by atoms with Crippen LogP contribution in [0, 0.1) is 0 Å². The van der Waals surface area contributed by atoms with Crippen LogP contribution in [-0.4, -0.2) is 33.2 Å². The van der Waals surface area contributed by atoms with Gasteiger partial charge in [0.15, 0.2) is 0 Å². The lowest BCUT2D eigenvalue weighted by molar-refractivity contribution is -0.117. The van der Waals surface area contributed by atoms with Gasteiger partial charge in [0.2, 0.25) is 11.7 Å². The van der Waals surface area contributed by atoms with Gasteiger partial charge in [-0.05, 0) is 23.4 Å².